The molecule has 0 heterocycles. The van der Waals surface area contributed by atoms with E-state index >= 15 is 0 Å². The minimum Gasteiger partial charge on any atom is -0.464 e. The topological polar surface area (TPSA) is 135 Å². The molecule has 9 nitrogen and oxygen atoms in total. The number of nitrogens with one attached hydrogen (secondary N) is 3. The third kappa shape index (κ3) is 8.45. The van der Waals surface area contributed by atoms with Gasteiger partial charge in [-0.1, -0.05) is 34.8 Å². The molecule has 176 valence electrons. The van der Waals surface area contributed by atoms with Crippen LogP contribution in [-0.2, 0) is 20.7 Å². The molecule has 0 saturated carbocycles. The molecule has 0 bridgehead atoms. The van der Waals surface area contributed by atoms with Gasteiger partial charge in [-0.15, -0.1) is 0 Å². The van der Waals surface area contributed by atoms with Crippen LogP contribution < -0.4 is 21.8 Å². The third-order valence-corrected chi connectivity index (χ3v) is 4.97. The zero-order chi connectivity index (χ0) is 24.4. The fourth-order valence-electron chi connectivity index (χ4n) is 2.79. The van der Waals surface area contributed by atoms with Crippen molar-refractivity contribution in [2.24, 2.45) is 10.9 Å². The quantitative estimate of drug-likeness (QED) is 0.127. The van der Waals surface area contributed by atoms with Crippen molar-refractivity contribution in [3.05, 3.63) is 62.6 Å². The maximum absolute atomic E-state index is 12.4. The molecule has 0 aliphatic rings. The first-order valence-corrected chi connectivity index (χ1v) is 10.8. The van der Waals surface area contributed by atoms with E-state index < -0.39 is 23.8 Å². The molecule has 2 amide bonds. The number of hydrogen-bond donors (Lipinski definition) is 4. The van der Waals surface area contributed by atoms with Gasteiger partial charge in [0, 0.05) is 22.0 Å². The largest absolute Gasteiger partial charge is 0.464 e. The van der Waals surface area contributed by atoms with Crippen molar-refractivity contribution in [2.75, 3.05) is 18.5 Å². The summed E-state index contributed by atoms with van der Waals surface area (Å²) >= 11 is 18.1. The summed E-state index contributed by atoms with van der Waals surface area (Å²) in [5.41, 5.74) is 1.29. The lowest BCUT2D eigenvalue weighted by atomic mass is 10.1. The summed E-state index contributed by atoms with van der Waals surface area (Å²) < 4.78 is 5.04. The van der Waals surface area contributed by atoms with Gasteiger partial charge in [-0.05, 0) is 48.9 Å². The third-order valence-electron chi connectivity index (χ3n) is 4.20. The number of amides is 2. The van der Waals surface area contributed by atoms with E-state index in [-0.39, 0.29) is 25.1 Å². The van der Waals surface area contributed by atoms with E-state index in [1.165, 1.54) is 24.5 Å². The molecule has 1 unspecified atom stereocenters. The van der Waals surface area contributed by atoms with Crippen molar-refractivity contribution < 1.29 is 19.1 Å². The summed E-state index contributed by atoms with van der Waals surface area (Å²) in [7, 11) is 0. The molecule has 0 spiro atoms. The van der Waals surface area contributed by atoms with E-state index in [1.807, 2.05) is 0 Å². The molecule has 5 N–H and O–H groups in total. The first-order valence-electron chi connectivity index (χ1n) is 9.70. The number of halogens is 3. The van der Waals surface area contributed by atoms with Gasteiger partial charge in [-0.2, -0.15) is 5.10 Å². The van der Waals surface area contributed by atoms with Crippen LogP contribution in [0.2, 0.25) is 15.1 Å². The number of ether oxygens (including phenoxy) is 1. The highest BCUT2D eigenvalue weighted by molar-refractivity contribution is 6.34. The SMILES string of the molecule is CCOC(=O)C(Cc1cc(Cl)cc(Cl)c1)NC(=O)CNC(=O)c1ccc(Cl)c(NC=NN)c1. The highest BCUT2D eigenvalue weighted by atomic mass is 35.5. The lowest BCUT2D eigenvalue weighted by molar-refractivity contribution is -0.147. The Hall–Kier alpha value is -3.01. The maximum Gasteiger partial charge on any atom is 0.328 e. The molecule has 2 aromatic carbocycles. The summed E-state index contributed by atoms with van der Waals surface area (Å²) in [6.07, 6.45) is 1.31. The molecule has 12 heteroatoms. The van der Waals surface area contributed by atoms with E-state index in [4.69, 9.17) is 45.4 Å². The lowest BCUT2D eigenvalue weighted by Gasteiger charge is -2.18. The Bertz CT molecular complexity index is 1030. The average molecular weight is 515 g/mol. The molecule has 0 fully saturated rings. The van der Waals surface area contributed by atoms with Gasteiger partial charge in [0.1, 0.15) is 12.4 Å². The predicted octanol–water partition coefficient (Wildman–Crippen LogP) is 2.98. The van der Waals surface area contributed by atoms with E-state index in [0.29, 0.717) is 26.3 Å². The number of benzene rings is 2. The van der Waals surface area contributed by atoms with E-state index in [9.17, 15) is 14.4 Å². The molecule has 0 saturated heterocycles. The fraction of sp³-hybridized carbons (Fsp3) is 0.238. The van der Waals surface area contributed by atoms with Crippen LogP contribution in [0, 0.1) is 0 Å². The summed E-state index contributed by atoms with van der Waals surface area (Å²) in [6.45, 7) is 1.42. The molecule has 0 aliphatic heterocycles. The average Bonchev–Trinajstić information content (AvgIpc) is 2.76. The Balaban J connectivity index is 2.03. The van der Waals surface area contributed by atoms with Crippen LogP contribution in [0.1, 0.15) is 22.8 Å². The second-order valence-electron chi connectivity index (χ2n) is 6.65. The number of carbonyl (C=O) groups excluding carboxylic acids is 3. The highest BCUT2D eigenvalue weighted by Gasteiger charge is 2.23. The zero-order valence-corrected chi connectivity index (χ0v) is 19.8. The van der Waals surface area contributed by atoms with Crippen LogP contribution in [0.25, 0.3) is 0 Å². The Morgan fingerprint density at radius 2 is 1.82 bits per heavy atom. The van der Waals surface area contributed by atoms with Gasteiger partial charge < -0.3 is 26.5 Å². The van der Waals surface area contributed by atoms with E-state index in [1.54, 1.807) is 25.1 Å². The van der Waals surface area contributed by atoms with Crippen molar-refractivity contribution in [3.63, 3.8) is 0 Å². The van der Waals surface area contributed by atoms with Crippen molar-refractivity contribution in [1.82, 2.24) is 10.6 Å². The Morgan fingerprint density at radius 1 is 1.12 bits per heavy atom. The molecule has 33 heavy (non-hydrogen) atoms. The van der Waals surface area contributed by atoms with Gasteiger partial charge in [0.05, 0.1) is 23.9 Å². The Morgan fingerprint density at radius 3 is 2.45 bits per heavy atom. The molecule has 0 radical (unpaired) electrons. The summed E-state index contributed by atoms with van der Waals surface area (Å²) in [5, 5.41) is 12.2. The van der Waals surface area contributed by atoms with Gasteiger partial charge >= 0.3 is 5.97 Å². The van der Waals surface area contributed by atoms with Gasteiger partial charge in [0.2, 0.25) is 5.91 Å². The Labute approximate surface area is 205 Å². The molecular formula is C21H22Cl3N5O4. The van der Waals surface area contributed by atoms with Gasteiger partial charge in [0.25, 0.3) is 5.91 Å². The summed E-state index contributed by atoms with van der Waals surface area (Å²) in [4.78, 5) is 37.2. The number of rotatable bonds is 10. The second-order valence-corrected chi connectivity index (χ2v) is 7.93. The fourth-order valence-corrected chi connectivity index (χ4v) is 3.54. The van der Waals surface area contributed by atoms with Crippen LogP contribution in [0.4, 0.5) is 5.69 Å². The maximum atomic E-state index is 12.4. The normalized spacial score (nSPS) is 11.6. The molecule has 2 aromatic rings. The predicted molar refractivity (Wildman–Crippen MR) is 129 cm³/mol. The van der Waals surface area contributed by atoms with Crippen LogP contribution in [0.3, 0.4) is 0 Å². The minimum atomic E-state index is -0.995. The summed E-state index contributed by atoms with van der Waals surface area (Å²) in [5.74, 6) is 3.31. The zero-order valence-electron chi connectivity index (χ0n) is 17.5. The number of anilines is 1. The van der Waals surface area contributed by atoms with Gasteiger partial charge in [-0.25, -0.2) is 4.79 Å². The molecular weight excluding hydrogens is 493 g/mol. The first-order chi connectivity index (χ1) is 15.7. The number of hydrogen-bond acceptors (Lipinski definition) is 6. The lowest BCUT2D eigenvalue weighted by Crippen LogP contribution is -2.47. The van der Waals surface area contributed by atoms with Crippen molar-refractivity contribution >= 4 is 64.6 Å². The van der Waals surface area contributed by atoms with Crippen molar-refractivity contribution in [2.45, 2.75) is 19.4 Å². The molecule has 0 aliphatic carbocycles. The van der Waals surface area contributed by atoms with E-state index in [2.05, 4.69) is 21.1 Å². The molecule has 2 rings (SSSR count). The van der Waals surface area contributed by atoms with E-state index in [0.717, 1.165) is 0 Å². The number of carbonyl (C=O) groups is 3. The van der Waals surface area contributed by atoms with Crippen LogP contribution in [0.15, 0.2) is 41.5 Å². The molecule has 0 aromatic heterocycles. The number of nitrogens with two attached hydrogens (primary N) is 1. The molecule has 1 atom stereocenters. The Kier molecular flexibility index (Phi) is 10.2. The minimum absolute atomic E-state index is 0.105. The second kappa shape index (κ2) is 12.9. The van der Waals surface area contributed by atoms with Crippen LogP contribution in [0.5, 0.6) is 0 Å². The van der Waals surface area contributed by atoms with Crippen LogP contribution in [-0.4, -0.2) is 43.3 Å². The standard InChI is InChI=1S/C21H22Cl3N5O4/c1-2-33-21(32)18(7-12-5-14(22)9-15(23)6-12)29-19(30)10-26-20(31)13-3-4-16(24)17(8-13)27-11-28-25/h3-6,8-9,11,18H,2,7,10,25H2,1H3,(H,26,31)(H,27,28)(H,29,30). The van der Waals surface area contributed by atoms with Crippen LogP contribution >= 0.6 is 34.8 Å². The van der Waals surface area contributed by atoms with Gasteiger partial charge in [0.15, 0.2) is 0 Å². The number of esters is 1. The first kappa shape index (κ1) is 26.2. The van der Waals surface area contributed by atoms with Gasteiger partial charge in [-0.3, -0.25) is 9.59 Å². The highest BCUT2D eigenvalue weighted by Crippen LogP contribution is 2.22. The number of nitrogens with zero attached hydrogens (tertiary/aromatic N) is 1. The van der Waals surface area contributed by atoms with Crippen molar-refractivity contribution in [3.8, 4) is 0 Å². The summed E-state index contributed by atoms with van der Waals surface area (Å²) in [6, 6.07) is 8.30. The monoisotopic (exact) mass is 513 g/mol. The smallest absolute Gasteiger partial charge is 0.328 e. The number of hydrazone groups is 1. The van der Waals surface area contributed by atoms with Crippen molar-refractivity contribution in [1.29, 1.82) is 0 Å².